The molecular weight excluding hydrogens is 520 g/mol. The van der Waals surface area contributed by atoms with Gasteiger partial charge in [0.15, 0.2) is 17.2 Å². The number of ether oxygens (including phenoxy) is 4. The highest BCUT2D eigenvalue weighted by molar-refractivity contribution is 7.99. The average molecular weight is 553 g/mol. The predicted molar refractivity (Wildman–Crippen MR) is 148 cm³/mol. The zero-order valence-electron chi connectivity index (χ0n) is 22.7. The van der Waals surface area contributed by atoms with Crippen molar-refractivity contribution in [3.63, 3.8) is 0 Å². The number of unbranched alkanes of at least 4 members (excludes halogenated alkanes) is 3. The summed E-state index contributed by atoms with van der Waals surface area (Å²) in [5.74, 6) is 0.949. The van der Waals surface area contributed by atoms with Gasteiger partial charge in [0.1, 0.15) is 0 Å². The van der Waals surface area contributed by atoms with Gasteiger partial charge in [-0.05, 0) is 24.6 Å². The van der Waals surface area contributed by atoms with E-state index in [0.717, 1.165) is 18.6 Å². The summed E-state index contributed by atoms with van der Waals surface area (Å²) in [5.41, 5.74) is 2.21. The van der Waals surface area contributed by atoms with E-state index in [1.807, 2.05) is 24.3 Å². The third kappa shape index (κ3) is 6.25. The number of nitrogens with zero attached hydrogens (tertiary/aromatic N) is 4. The van der Waals surface area contributed by atoms with Crippen LogP contribution in [-0.2, 0) is 9.59 Å². The van der Waals surface area contributed by atoms with Crippen molar-refractivity contribution in [2.24, 2.45) is 0 Å². The molecule has 0 radical (unpaired) electrons. The number of hydrogen-bond donors (Lipinski definition) is 0. The number of methoxy groups -OCH3 is 2. The fourth-order valence-corrected chi connectivity index (χ4v) is 5.09. The number of thioether (sulfide) groups is 1. The van der Waals surface area contributed by atoms with Gasteiger partial charge in [-0.25, -0.2) is 0 Å². The summed E-state index contributed by atoms with van der Waals surface area (Å²) < 4.78 is 22.9. The lowest BCUT2D eigenvalue weighted by Crippen LogP contribution is -2.36. The van der Waals surface area contributed by atoms with Crippen LogP contribution >= 0.6 is 11.8 Å². The Labute approximate surface area is 232 Å². The minimum Gasteiger partial charge on any atom is -0.493 e. The first-order valence-electron chi connectivity index (χ1n) is 12.8. The van der Waals surface area contributed by atoms with Gasteiger partial charge in [-0.3, -0.25) is 14.5 Å². The second-order valence-electron chi connectivity index (χ2n) is 8.88. The topological polar surface area (TPSA) is 113 Å². The van der Waals surface area contributed by atoms with Crippen molar-refractivity contribution in [2.75, 3.05) is 24.9 Å². The van der Waals surface area contributed by atoms with Crippen molar-refractivity contribution in [2.45, 2.75) is 57.8 Å². The van der Waals surface area contributed by atoms with Gasteiger partial charge in [-0.15, -0.1) is 10.2 Å². The van der Waals surface area contributed by atoms with E-state index in [0.29, 0.717) is 27.7 Å². The lowest BCUT2D eigenvalue weighted by Gasteiger charge is -2.30. The Bertz CT molecular complexity index is 1330. The van der Waals surface area contributed by atoms with Crippen molar-refractivity contribution < 1.29 is 28.5 Å². The van der Waals surface area contributed by atoms with Gasteiger partial charge in [0.25, 0.3) is 0 Å². The predicted octanol–water partition coefficient (Wildman–Crippen LogP) is 5.60. The molecule has 0 aliphatic carbocycles. The summed E-state index contributed by atoms with van der Waals surface area (Å²) in [6.07, 6.45) is 3.60. The van der Waals surface area contributed by atoms with Crippen molar-refractivity contribution >= 4 is 29.3 Å². The zero-order valence-corrected chi connectivity index (χ0v) is 23.5. The lowest BCUT2D eigenvalue weighted by molar-refractivity contribution is -0.132. The molecule has 0 saturated carbocycles. The number of esters is 1. The van der Waals surface area contributed by atoms with E-state index >= 15 is 0 Å². The molecule has 0 spiro atoms. The standard InChI is InChI=1S/C28H32N4O6S/c1-6-7-8-11-14-39-28-29-26-24(30-31-28)20-12-9-10-13-21(20)32(17(2)33)27(38-26)19-15-22(35-4)25(37-18(3)34)23(16-19)36-5/h9-10,12-13,15-16,27H,6-8,11,14H2,1-5H3/t27-/m1/s1. The van der Waals surface area contributed by atoms with Crippen LogP contribution in [-0.4, -0.2) is 47.0 Å². The molecule has 1 aliphatic heterocycles. The summed E-state index contributed by atoms with van der Waals surface area (Å²) in [6.45, 7) is 4.93. The fourth-order valence-electron chi connectivity index (χ4n) is 4.31. The average Bonchev–Trinajstić information content (AvgIpc) is 3.07. The first kappa shape index (κ1) is 28.2. The van der Waals surface area contributed by atoms with E-state index in [1.165, 1.54) is 57.6 Å². The molecule has 1 aromatic heterocycles. The summed E-state index contributed by atoms with van der Waals surface area (Å²) in [6, 6.07) is 10.7. The van der Waals surface area contributed by atoms with E-state index in [-0.39, 0.29) is 29.0 Å². The molecule has 0 bridgehead atoms. The number of rotatable bonds is 10. The smallest absolute Gasteiger partial charge is 0.308 e. The third-order valence-corrected chi connectivity index (χ3v) is 7.02. The number of aromatic nitrogens is 3. The van der Waals surface area contributed by atoms with Crippen LogP contribution in [0.2, 0.25) is 0 Å². The molecule has 206 valence electrons. The van der Waals surface area contributed by atoms with E-state index in [4.69, 9.17) is 23.9 Å². The monoisotopic (exact) mass is 552 g/mol. The zero-order chi connectivity index (χ0) is 27.9. The highest BCUT2D eigenvalue weighted by Gasteiger charge is 2.36. The maximum atomic E-state index is 13.1. The molecule has 0 unspecified atom stereocenters. The Balaban J connectivity index is 1.82. The van der Waals surface area contributed by atoms with Crippen molar-refractivity contribution in [1.29, 1.82) is 0 Å². The largest absolute Gasteiger partial charge is 0.493 e. The first-order chi connectivity index (χ1) is 18.9. The molecule has 11 heteroatoms. The van der Waals surface area contributed by atoms with Crippen molar-refractivity contribution in [3.8, 4) is 34.4 Å². The molecule has 1 amide bonds. The molecule has 39 heavy (non-hydrogen) atoms. The molecule has 2 heterocycles. The van der Waals surface area contributed by atoms with Crippen LogP contribution in [0, 0.1) is 0 Å². The second kappa shape index (κ2) is 12.8. The molecule has 10 nitrogen and oxygen atoms in total. The summed E-state index contributed by atoms with van der Waals surface area (Å²) in [5, 5.41) is 9.31. The Morgan fingerprint density at radius 3 is 2.38 bits per heavy atom. The maximum absolute atomic E-state index is 13.1. The Kier molecular flexibility index (Phi) is 9.23. The first-order valence-corrected chi connectivity index (χ1v) is 13.7. The van der Waals surface area contributed by atoms with Gasteiger partial charge in [0, 0.05) is 30.7 Å². The molecule has 4 rings (SSSR count). The Hall–Kier alpha value is -3.86. The van der Waals surface area contributed by atoms with Crippen LogP contribution in [0.3, 0.4) is 0 Å². The molecule has 1 atom stereocenters. The maximum Gasteiger partial charge on any atom is 0.308 e. The minimum absolute atomic E-state index is 0.130. The number of carbonyl (C=O) groups is 2. The molecule has 0 N–H and O–H groups in total. The molecule has 0 fully saturated rings. The van der Waals surface area contributed by atoms with Crippen LogP contribution in [0.15, 0.2) is 41.6 Å². The van der Waals surface area contributed by atoms with Crippen molar-refractivity contribution in [3.05, 3.63) is 42.0 Å². The minimum atomic E-state index is -0.960. The normalized spacial score (nSPS) is 14.0. The molecule has 1 aliphatic rings. The number of hydrogen-bond acceptors (Lipinski definition) is 10. The molecule has 2 aromatic carbocycles. The number of para-hydroxylation sites is 1. The number of carbonyl (C=O) groups excluding carboxylic acids is 2. The van der Waals surface area contributed by atoms with Crippen molar-refractivity contribution in [1.82, 2.24) is 15.2 Å². The van der Waals surface area contributed by atoms with E-state index in [1.54, 1.807) is 12.1 Å². The summed E-state index contributed by atoms with van der Waals surface area (Å²) in [7, 11) is 2.90. The highest BCUT2D eigenvalue weighted by atomic mass is 32.2. The number of benzene rings is 2. The van der Waals surface area contributed by atoms with Gasteiger partial charge < -0.3 is 18.9 Å². The summed E-state index contributed by atoms with van der Waals surface area (Å²) in [4.78, 5) is 31.1. The van der Waals surface area contributed by atoms with Gasteiger partial charge in [0.2, 0.25) is 28.9 Å². The fraction of sp³-hybridized carbons (Fsp3) is 0.393. The molecular formula is C28H32N4O6S. The van der Waals surface area contributed by atoms with Crippen LogP contribution in [0.1, 0.15) is 58.2 Å². The highest BCUT2D eigenvalue weighted by Crippen LogP contribution is 2.46. The van der Waals surface area contributed by atoms with E-state index < -0.39 is 12.2 Å². The second-order valence-corrected chi connectivity index (χ2v) is 9.94. The van der Waals surface area contributed by atoms with Gasteiger partial charge in [-0.2, -0.15) is 4.98 Å². The van der Waals surface area contributed by atoms with E-state index in [9.17, 15) is 9.59 Å². The molecule has 0 saturated heterocycles. The SMILES string of the molecule is CCCCCCSc1nnc2c(n1)O[C@H](c1cc(OC)c(OC(C)=O)c(OC)c1)N(C(C)=O)c1ccccc1-2. The van der Waals surface area contributed by atoms with Crippen LogP contribution in [0.5, 0.6) is 23.1 Å². The number of anilines is 1. The van der Waals surface area contributed by atoms with Gasteiger partial charge >= 0.3 is 5.97 Å². The molecule has 3 aromatic rings. The van der Waals surface area contributed by atoms with Crippen LogP contribution in [0.25, 0.3) is 11.3 Å². The van der Waals surface area contributed by atoms with Crippen LogP contribution < -0.4 is 23.8 Å². The summed E-state index contributed by atoms with van der Waals surface area (Å²) >= 11 is 1.52. The third-order valence-electron chi connectivity index (χ3n) is 6.09. The number of amides is 1. The van der Waals surface area contributed by atoms with Gasteiger partial charge in [-0.1, -0.05) is 56.1 Å². The Morgan fingerprint density at radius 2 is 1.74 bits per heavy atom. The Morgan fingerprint density at radius 1 is 1.03 bits per heavy atom. The van der Waals surface area contributed by atoms with Gasteiger partial charge in [0.05, 0.1) is 19.9 Å². The quantitative estimate of drug-likeness (QED) is 0.136. The lowest BCUT2D eigenvalue weighted by atomic mass is 10.1. The van der Waals surface area contributed by atoms with Crippen LogP contribution in [0.4, 0.5) is 5.69 Å². The van der Waals surface area contributed by atoms with E-state index in [2.05, 4.69) is 17.1 Å². The number of fused-ring (bicyclic) bond motifs is 3.